The smallest absolute Gasteiger partial charge is 0.327 e. The van der Waals surface area contributed by atoms with E-state index in [-0.39, 0.29) is 5.97 Å². The van der Waals surface area contributed by atoms with Gasteiger partial charge in [0.2, 0.25) is 0 Å². The highest BCUT2D eigenvalue weighted by Gasteiger charge is 2.52. The number of nitrogens with zero attached hydrogens (tertiary/aromatic N) is 1. The molecule has 1 aliphatic carbocycles. The van der Waals surface area contributed by atoms with Crippen LogP contribution in [0.2, 0.25) is 0 Å². The number of carbonyl (C=O) groups is 1. The van der Waals surface area contributed by atoms with Crippen LogP contribution in [0.3, 0.4) is 0 Å². The summed E-state index contributed by atoms with van der Waals surface area (Å²) in [4.78, 5) is 14.9. The van der Waals surface area contributed by atoms with Crippen LogP contribution in [0.4, 0.5) is 0 Å². The Balaban J connectivity index is 2.10. The number of ether oxygens (including phenoxy) is 2. The van der Waals surface area contributed by atoms with Gasteiger partial charge in [0.15, 0.2) is 0 Å². The van der Waals surface area contributed by atoms with Crippen molar-refractivity contribution in [1.82, 2.24) is 10.2 Å². The SMILES string of the molecule is CCCNC(CN(C)C1CCOC1)(C(=O)OCC)C1CC1. The predicted octanol–water partition coefficient (Wildman–Crippen LogP) is 1.42. The second-order valence-electron chi connectivity index (χ2n) is 6.33. The van der Waals surface area contributed by atoms with Crippen LogP contribution < -0.4 is 5.32 Å². The number of likely N-dealkylation sites (N-methyl/N-ethyl adjacent to an activating group) is 1. The number of rotatable bonds is 9. The van der Waals surface area contributed by atoms with Gasteiger partial charge in [-0.3, -0.25) is 4.90 Å². The molecule has 1 saturated carbocycles. The Kier molecular flexibility index (Phi) is 6.02. The molecule has 0 amide bonds. The van der Waals surface area contributed by atoms with Gasteiger partial charge in [-0.2, -0.15) is 0 Å². The van der Waals surface area contributed by atoms with Crippen LogP contribution in [0.25, 0.3) is 0 Å². The van der Waals surface area contributed by atoms with Crippen LogP contribution in [0.1, 0.15) is 39.5 Å². The molecule has 2 atom stereocenters. The predicted molar refractivity (Wildman–Crippen MR) is 82.2 cm³/mol. The number of hydrogen-bond acceptors (Lipinski definition) is 5. The standard InChI is InChI=1S/C16H30N2O3/c1-4-9-17-16(13-6-7-13,15(19)21-5-2)12-18(3)14-8-10-20-11-14/h13-14,17H,4-12H2,1-3H3. The van der Waals surface area contributed by atoms with Gasteiger partial charge in [0.05, 0.1) is 13.2 Å². The minimum Gasteiger partial charge on any atom is -0.465 e. The van der Waals surface area contributed by atoms with E-state index in [9.17, 15) is 4.79 Å². The van der Waals surface area contributed by atoms with Crippen LogP contribution in [-0.2, 0) is 14.3 Å². The average Bonchev–Trinajstić information content (AvgIpc) is 3.18. The third kappa shape index (κ3) is 3.96. The van der Waals surface area contributed by atoms with Crippen molar-refractivity contribution >= 4 is 5.97 Å². The van der Waals surface area contributed by atoms with Crippen LogP contribution in [0, 0.1) is 5.92 Å². The first-order chi connectivity index (χ1) is 10.1. The molecule has 1 saturated heterocycles. The summed E-state index contributed by atoms with van der Waals surface area (Å²) in [5.74, 6) is 0.333. The quantitative estimate of drug-likeness (QED) is 0.652. The molecule has 0 aromatic rings. The molecule has 1 N–H and O–H groups in total. The number of hydrogen-bond donors (Lipinski definition) is 1. The van der Waals surface area contributed by atoms with E-state index in [0.717, 1.165) is 45.4 Å². The zero-order valence-electron chi connectivity index (χ0n) is 13.7. The van der Waals surface area contributed by atoms with E-state index in [1.807, 2.05) is 6.92 Å². The van der Waals surface area contributed by atoms with Gasteiger partial charge in [0.1, 0.15) is 5.54 Å². The van der Waals surface area contributed by atoms with E-state index in [2.05, 4.69) is 24.2 Å². The molecule has 2 aliphatic rings. The van der Waals surface area contributed by atoms with Crippen molar-refractivity contribution < 1.29 is 14.3 Å². The van der Waals surface area contributed by atoms with Crippen molar-refractivity contribution in [1.29, 1.82) is 0 Å². The topological polar surface area (TPSA) is 50.8 Å². The molecule has 0 spiro atoms. The fourth-order valence-corrected chi connectivity index (χ4v) is 3.21. The van der Waals surface area contributed by atoms with Crippen LogP contribution in [0.5, 0.6) is 0 Å². The lowest BCUT2D eigenvalue weighted by Gasteiger charge is -2.38. The Morgan fingerprint density at radius 1 is 1.38 bits per heavy atom. The van der Waals surface area contributed by atoms with E-state index in [1.54, 1.807) is 0 Å². The first-order valence-corrected chi connectivity index (χ1v) is 8.34. The monoisotopic (exact) mass is 298 g/mol. The Hall–Kier alpha value is -0.650. The fourth-order valence-electron chi connectivity index (χ4n) is 3.21. The third-order valence-corrected chi connectivity index (χ3v) is 4.63. The second-order valence-corrected chi connectivity index (χ2v) is 6.33. The first-order valence-electron chi connectivity index (χ1n) is 8.34. The Bertz CT molecular complexity index is 340. The Labute approximate surface area is 128 Å². The highest BCUT2D eigenvalue weighted by molar-refractivity contribution is 5.82. The molecular formula is C16H30N2O3. The summed E-state index contributed by atoms with van der Waals surface area (Å²) in [6.07, 6.45) is 4.30. The molecule has 2 fully saturated rings. The molecule has 5 heteroatoms. The molecule has 0 aromatic heterocycles. The number of nitrogens with one attached hydrogen (secondary N) is 1. The molecule has 0 bridgehead atoms. The lowest BCUT2D eigenvalue weighted by molar-refractivity contribution is -0.153. The maximum absolute atomic E-state index is 12.7. The van der Waals surface area contributed by atoms with Crippen molar-refractivity contribution in [2.75, 3.05) is 40.0 Å². The summed E-state index contributed by atoms with van der Waals surface area (Å²) in [5.41, 5.74) is -0.538. The van der Waals surface area contributed by atoms with Crippen molar-refractivity contribution in [2.24, 2.45) is 5.92 Å². The number of esters is 1. The molecule has 2 rings (SSSR count). The van der Waals surface area contributed by atoms with Crippen molar-refractivity contribution in [3.8, 4) is 0 Å². The first kappa shape index (κ1) is 16.7. The van der Waals surface area contributed by atoms with Crippen molar-refractivity contribution in [2.45, 2.75) is 51.1 Å². The lowest BCUT2D eigenvalue weighted by atomic mass is 9.91. The van der Waals surface area contributed by atoms with E-state index < -0.39 is 5.54 Å². The maximum atomic E-state index is 12.7. The van der Waals surface area contributed by atoms with Crippen LogP contribution in [-0.4, -0.2) is 62.4 Å². The van der Waals surface area contributed by atoms with E-state index in [0.29, 0.717) is 25.1 Å². The molecule has 21 heavy (non-hydrogen) atoms. The maximum Gasteiger partial charge on any atom is 0.327 e. The van der Waals surface area contributed by atoms with Gasteiger partial charge in [-0.1, -0.05) is 6.92 Å². The lowest BCUT2D eigenvalue weighted by Crippen LogP contribution is -2.62. The largest absolute Gasteiger partial charge is 0.465 e. The highest BCUT2D eigenvalue weighted by atomic mass is 16.5. The third-order valence-electron chi connectivity index (χ3n) is 4.63. The molecule has 2 unspecified atom stereocenters. The summed E-state index contributed by atoms with van der Waals surface area (Å²) in [6.45, 7) is 7.61. The molecule has 1 heterocycles. The zero-order valence-corrected chi connectivity index (χ0v) is 13.7. The molecule has 1 aliphatic heterocycles. The summed E-state index contributed by atoms with van der Waals surface area (Å²) in [7, 11) is 2.10. The fraction of sp³-hybridized carbons (Fsp3) is 0.938. The van der Waals surface area contributed by atoms with Gasteiger partial charge in [-0.05, 0) is 52.1 Å². The molecule has 0 aromatic carbocycles. The second kappa shape index (κ2) is 7.56. The van der Waals surface area contributed by atoms with Gasteiger partial charge in [0.25, 0.3) is 0 Å². The Morgan fingerprint density at radius 2 is 2.14 bits per heavy atom. The van der Waals surface area contributed by atoms with Gasteiger partial charge in [-0.15, -0.1) is 0 Å². The van der Waals surface area contributed by atoms with Gasteiger partial charge >= 0.3 is 5.97 Å². The average molecular weight is 298 g/mol. The van der Waals surface area contributed by atoms with Crippen LogP contribution in [0.15, 0.2) is 0 Å². The normalized spacial score (nSPS) is 25.0. The molecular weight excluding hydrogens is 268 g/mol. The van der Waals surface area contributed by atoms with Gasteiger partial charge in [-0.25, -0.2) is 4.79 Å². The van der Waals surface area contributed by atoms with E-state index in [1.165, 1.54) is 0 Å². The molecule has 0 radical (unpaired) electrons. The summed E-state index contributed by atoms with van der Waals surface area (Å²) >= 11 is 0. The van der Waals surface area contributed by atoms with E-state index >= 15 is 0 Å². The van der Waals surface area contributed by atoms with Gasteiger partial charge in [0, 0.05) is 19.2 Å². The number of carbonyl (C=O) groups excluding carboxylic acids is 1. The minimum absolute atomic E-state index is 0.0771. The zero-order chi connectivity index (χ0) is 15.3. The van der Waals surface area contributed by atoms with Gasteiger partial charge < -0.3 is 14.8 Å². The van der Waals surface area contributed by atoms with Crippen molar-refractivity contribution in [3.63, 3.8) is 0 Å². The summed E-state index contributed by atoms with van der Waals surface area (Å²) in [6, 6.07) is 0.418. The summed E-state index contributed by atoms with van der Waals surface area (Å²) in [5, 5.41) is 3.53. The van der Waals surface area contributed by atoms with Crippen molar-refractivity contribution in [3.05, 3.63) is 0 Å². The highest BCUT2D eigenvalue weighted by Crippen LogP contribution is 2.41. The summed E-state index contributed by atoms with van der Waals surface area (Å²) < 4.78 is 10.9. The van der Waals surface area contributed by atoms with Crippen LogP contribution >= 0.6 is 0 Å². The molecule has 5 nitrogen and oxygen atoms in total. The molecule has 122 valence electrons. The van der Waals surface area contributed by atoms with E-state index in [4.69, 9.17) is 9.47 Å². The minimum atomic E-state index is -0.538. The Morgan fingerprint density at radius 3 is 2.67 bits per heavy atom.